The van der Waals surface area contributed by atoms with Crippen molar-refractivity contribution in [2.24, 2.45) is 0 Å². The summed E-state index contributed by atoms with van der Waals surface area (Å²) < 4.78 is 4.67. The summed E-state index contributed by atoms with van der Waals surface area (Å²) in [6.45, 7) is 1.76. The molecule has 0 N–H and O–H groups in total. The van der Waals surface area contributed by atoms with Gasteiger partial charge >= 0.3 is 0 Å². The van der Waals surface area contributed by atoms with Gasteiger partial charge in [0.05, 0.1) is 0 Å². The van der Waals surface area contributed by atoms with Crippen LogP contribution < -0.4 is 0 Å². The molecule has 0 aromatic rings. The number of hydrogen-bond donors (Lipinski definition) is 0. The molecule has 3 heteroatoms. The van der Waals surface area contributed by atoms with Gasteiger partial charge in [-0.25, -0.2) is 0 Å². The van der Waals surface area contributed by atoms with Crippen molar-refractivity contribution in [3.05, 3.63) is 0 Å². The molecule has 0 rings (SSSR count). The minimum atomic E-state index is 0.112. The molecule has 0 aliphatic carbocycles. The summed E-state index contributed by atoms with van der Waals surface area (Å²) in [4.78, 5) is 21.4. The number of ketones is 2. The molecule has 0 fully saturated rings. The van der Waals surface area contributed by atoms with Gasteiger partial charge in [-0.3, -0.25) is 4.79 Å². The fraction of sp³-hybridized carbons (Fsp3) is 0.778. The minimum absolute atomic E-state index is 0.112. The van der Waals surface area contributed by atoms with Crippen molar-refractivity contribution in [2.45, 2.75) is 32.6 Å². The third-order valence-electron chi connectivity index (χ3n) is 1.54. The SMILES string of the molecule is COCC(=O)CCCCC(C)=O. The van der Waals surface area contributed by atoms with E-state index in [2.05, 4.69) is 4.74 Å². The third kappa shape index (κ3) is 7.41. The number of methoxy groups -OCH3 is 1. The fourth-order valence-corrected chi connectivity index (χ4v) is 0.929. The zero-order valence-electron chi connectivity index (χ0n) is 7.76. The summed E-state index contributed by atoms with van der Waals surface area (Å²) in [5.41, 5.74) is 0. The number of rotatable bonds is 7. The number of carbonyl (C=O) groups is 2. The van der Waals surface area contributed by atoms with Crippen LogP contribution in [0.1, 0.15) is 32.6 Å². The third-order valence-corrected chi connectivity index (χ3v) is 1.54. The van der Waals surface area contributed by atoms with E-state index in [9.17, 15) is 9.59 Å². The van der Waals surface area contributed by atoms with Crippen LogP contribution in [0.4, 0.5) is 0 Å². The van der Waals surface area contributed by atoms with Crippen LogP contribution in [0, 0.1) is 0 Å². The van der Waals surface area contributed by atoms with Gasteiger partial charge in [-0.2, -0.15) is 0 Å². The first-order valence-corrected chi connectivity index (χ1v) is 4.17. The van der Waals surface area contributed by atoms with Crippen LogP contribution in [0.15, 0.2) is 0 Å². The van der Waals surface area contributed by atoms with Gasteiger partial charge in [0.25, 0.3) is 0 Å². The molecule has 12 heavy (non-hydrogen) atoms. The van der Waals surface area contributed by atoms with Gasteiger partial charge in [0.2, 0.25) is 0 Å². The summed E-state index contributed by atoms with van der Waals surface area (Å²) >= 11 is 0. The van der Waals surface area contributed by atoms with Crippen molar-refractivity contribution in [2.75, 3.05) is 13.7 Å². The van der Waals surface area contributed by atoms with Gasteiger partial charge in [-0.15, -0.1) is 0 Å². The molecule has 0 aliphatic rings. The van der Waals surface area contributed by atoms with Crippen LogP contribution in [0.25, 0.3) is 0 Å². The van der Waals surface area contributed by atoms with Crippen molar-refractivity contribution in [3.8, 4) is 0 Å². The lowest BCUT2D eigenvalue weighted by Gasteiger charge is -1.98. The highest BCUT2D eigenvalue weighted by molar-refractivity contribution is 5.79. The Labute approximate surface area is 73.1 Å². The monoisotopic (exact) mass is 172 g/mol. The minimum Gasteiger partial charge on any atom is -0.377 e. The fourth-order valence-electron chi connectivity index (χ4n) is 0.929. The van der Waals surface area contributed by atoms with Gasteiger partial charge in [-0.05, 0) is 19.8 Å². The van der Waals surface area contributed by atoms with Crippen molar-refractivity contribution in [3.63, 3.8) is 0 Å². The van der Waals surface area contributed by atoms with E-state index >= 15 is 0 Å². The van der Waals surface area contributed by atoms with Crippen LogP contribution in [-0.4, -0.2) is 25.3 Å². The van der Waals surface area contributed by atoms with Crippen molar-refractivity contribution in [1.29, 1.82) is 0 Å². The van der Waals surface area contributed by atoms with E-state index < -0.39 is 0 Å². The summed E-state index contributed by atoms with van der Waals surface area (Å²) in [5.74, 6) is 0.301. The number of carbonyl (C=O) groups excluding carboxylic acids is 2. The van der Waals surface area contributed by atoms with E-state index in [1.54, 1.807) is 6.92 Å². The zero-order chi connectivity index (χ0) is 9.40. The summed E-state index contributed by atoms with van der Waals surface area (Å²) in [7, 11) is 1.51. The van der Waals surface area contributed by atoms with E-state index in [1.165, 1.54) is 7.11 Å². The lowest BCUT2D eigenvalue weighted by atomic mass is 10.1. The molecular formula is C9H16O3. The molecule has 0 aliphatic heterocycles. The quantitative estimate of drug-likeness (QED) is 0.544. The van der Waals surface area contributed by atoms with E-state index in [0.717, 1.165) is 12.8 Å². The van der Waals surface area contributed by atoms with Gasteiger partial charge in [-0.1, -0.05) is 0 Å². The average molecular weight is 172 g/mol. The van der Waals surface area contributed by atoms with Crippen LogP contribution in [0.3, 0.4) is 0 Å². The molecule has 0 saturated carbocycles. The molecule has 0 radical (unpaired) electrons. The predicted octanol–water partition coefficient (Wildman–Crippen LogP) is 1.35. The second-order valence-corrected chi connectivity index (χ2v) is 2.88. The Bertz CT molecular complexity index is 152. The smallest absolute Gasteiger partial charge is 0.158 e. The predicted molar refractivity (Wildman–Crippen MR) is 46.0 cm³/mol. The Kier molecular flexibility index (Phi) is 6.57. The summed E-state index contributed by atoms with van der Waals surface area (Å²) in [6, 6.07) is 0. The Morgan fingerprint density at radius 2 is 1.75 bits per heavy atom. The van der Waals surface area contributed by atoms with Gasteiger partial charge < -0.3 is 9.53 Å². The number of unbranched alkanes of at least 4 members (excludes halogenated alkanes) is 1. The zero-order valence-corrected chi connectivity index (χ0v) is 7.76. The topological polar surface area (TPSA) is 43.4 Å². The van der Waals surface area contributed by atoms with E-state index in [0.29, 0.717) is 12.8 Å². The first-order valence-electron chi connectivity index (χ1n) is 4.17. The second-order valence-electron chi connectivity index (χ2n) is 2.88. The maximum atomic E-state index is 10.9. The molecule has 0 bridgehead atoms. The van der Waals surface area contributed by atoms with Gasteiger partial charge in [0, 0.05) is 20.0 Å². The van der Waals surface area contributed by atoms with Gasteiger partial charge in [0.15, 0.2) is 5.78 Å². The molecule has 0 spiro atoms. The number of Topliss-reactive ketones (excluding diaryl/α,β-unsaturated/α-hetero) is 2. The molecule has 0 unspecified atom stereocenters. The summed E-state index contributed by atoms with van der Waals surface area (Å²) in [6.07, 6.45) is 2.72. The highest BCUT2D eigenvalue weighted by Gasteiger charge is 2.00. The van der Waals surface area contributed by atoms with E-state index in [-0.39, 0.29) is 18.2 Å². The Balaban J connectivity index is 3.19. The molecule has 0 atom stereocenters. The molecule has 70 valence electrons. The number of ether oxygens (including phenoxy) is 1. The molecule has 0 aromatic heterocycles. The Morgan fingerprint density at radius 3 is 2.25 bits per heavy atom. The van der Waals surface area contributed by atoms with E-state index in [4.69, 9.17) is 0 Å². The average Bonchev–Trinajstić information content (AvgIpc) is 1.98. The van der Waals surface area contributed by atoms with Gasteiger partial charge in [0.1, 0.15) is 12.4 Å². The van der Waals surface area contributed by atoms with E-state index in [1.807, 2.05) is 0 Å². The second kappa shape index (κ2) is 6.98. The Hall–Kier alpha value is -0.700. The highest BCUT2D eigenvalue weighted by atomic mass is 16.5. The van der Waals surface area contributed by atoms with Crippen molar-refractivity contribution < 1.29 is 14.3 Å². The molecule has 3 nitrogen and oxygen atoms in total. The van der Waals surface area contributed by atoms with Crippen molar-refractivity contribution >= 4 is 11.6 Å². The molecular weight excluding hydrogens is 156 g/mol. The maximum Gasteiger partial charge on any atom is 0.158 e. The first kappa shape index (κ1) is 11.3. The molecule has 0 aromatic carbocycles. The lowest BCUT2D eigenvalue weighted by molar-refractivity contribution is -0.123. The molecule has 0 saturated heterocycles. The largest absolute Gasteiger partial charge is 0.377 e. The standard InChI is InChI=1S/C9H16O3/c1-8(10)5-3-4-6-9(11)7-12-2/h3-7H2,1-2H3. The van der Waals surface area contributed by atoms with Crippen LogP contribution in [0.5, 0.6) is 0 Å². The number of hydrogen-bond acceptors (Lipinski definition) is 3. The highest BCUT2D eigenvalue weighted by Crippen LogP contribution is 2.01. The lowest BCUT2D eigenvalue weighted by Crippen LogP contribution is -2.06. The summed E-state index contributed by atoms with van der Waals surface area (Å²) in [5, 5.41) is 0. The van der Waals surface area contributed by atoms with Crippen LogP contribution in [0.2, 0.25) is 0 Å². The maximum absolute atomic E-state index is 10.9. The first-order chi connectivity index (χ1) is 5.66. The Morgan fingerprint density at radius 1 is 1.17 bits per heavy atom. The van der Waals surface area contributed by atoms with Crippen LogP contribution in [-0.2, 0) is 14.3 Å². The van der Waals surface area contributed by atoms with Crippen molar-refractivity contribution in [1.82, 2.24) is 0 Å². The van der Waals surface area contributed by atoms with Crippen LogP contribution >= 0.6 is 0 Å². The molecule has 0 heterocycles. The normalized spacial score (nSPS) is 9.83. The molecule has 0 amide bonds.